The fraction of sp³-hybridized carbons (Fsp3) is 0.211. The molecule has 0 saturated heterocycles. The largest absolute Gasteiger partial charge is 0.312 e. The minimum absolute atomic E-state index is 0.0207. The van der Waals surface area contributed by atoms with Gasteiger partial charge in [-0.2, -0.15) is 0 Å². The molecule has 0 saturated carbocycles. The highest BCUT2D eigenvalue weighted by atomic mass is 79.9. The highest BCUT2D eigenvalue weighted by Crippen LogP contribution is 2.30. The van der Waals surface area contributed by atoms with Crippen LogP contribution >= 0.6 is 31.9 Å². The van der Waals surface area contributed by atoms with Crippen LogP contribution in [0, 0.1) is 0 Å². The first kappa shape index (κ1) is 17.4. The van der Waals surface area contributed by atoms with Gasteiger partial charge in [0.1, 0.15) is 0 Å². The summed E-state index contributed by atoms with van der Waals surface area (Å²) in [7, 11) is 0. The number of carbonyl (C=O) groups excluding carboxylic acids is 1. The Kier molecular flexibility index (Phi) is 4.67. The Labute approximate surface area is 166 Å². The summed E-state index contributed by atoms with van der Waals surface area (Å²) in [5.41, 5.74) is 2.66. The second kappa shape index (κ2) is 6.96. The molecule has 1 aliphatic rings. The number of aryl methyl sites for hydroxylation is 1. The number of carbonyl (C=O) groups is 1. The lowest BCUT2D eigenvalue weighted by molar-refractivity contribution is -0.118. The van der Waals surface area contributed by atoms with Gasteiger partial charge in [-0.15, -0.1) is 0 Å². The molecule has 0 unspecified atom stereocenters. The van der Waals surface area contributed by atoms with E-state index in [9.17, 15) is 9.59 Å². The maximum absolute atomic E-state index is 12.7. The van der Waals surface area contributed by atoms with Gasteiger partial charge in [-0.3, -0.25) is 14.2 Å². The fourth-order valence-electron chi connectivity index (χ4n) is 3.27. The van der Waals surface area contributed by atoms with Gasteiger partial charge in [-0.05, 0) is 48.4 Å². The van der Waals surface area contributed by atoms with E-state index in [2.05, 4.69) is 42.9 Å². The fourth-order valence-corrected chi connectivity index (χ4v) is 4.04. The third-order valence-electron chi connectivity index (χ3n) is 4.59. The van der Waals surface area contributed by atoms with Gasteiger partial charge in [0, 0.05) is 34.1 Å². The molecule has 2 aromatic carbocycles. The molecule has 1 aromatic heterocycles. The van der Waals surface area contributed by atoms with Crippen molar-refractivity contribution in [3.8, 4) is 0 Å². The van der Waals surface area contributed by atoms with Crippen LogP contribution in [0.5, 0.6) is 0 Å². The number of hydrogen-bond acceptors (Lipinski definition) is 3. The summed E-state index contributed by atoms with van der Waals surface area (Å²) in [6.07, 6.45) is 2.63. The molecular formula is C19H15Br2N3O2. The van der Waals surface area contributed by atoms with E-state index in [4.69, 9.17) is 0 Å². The number of nitrogens with zero attached hydrogens (tertiary/aromatic N) is 3. The van der Waals surface area contributed by atoms with Crippen molar-refractivity contribution in [2.75, 3.05) is 11.4 Å². The van der Waals surface area contributed by atoms with Crippen LogP contribution in [0.1, 0.15) is 12.0 Å². The molecule has 1 amide bonds. The standard InChI is InChI=1S/C19H15Br2N3O2/c20-13-2-4-17-12(9-13)5-8-24(17)18(25)6-7-23-11-22-16-3-1-14(21)10-15(16)19(23)26/h1-4,9-11H,5-8H2. The Morgan fingerprint density at radius 1 is 1.12 bits per heavy atom. The lowest BCUT2D eigenvalue weighted by Gasteiger charge is -2.17. The van der Waals surface area contributed by atoms with Gasteiger partial charge in [-0.1, -0.05) is 31.9 Å². The monoisotopic (exact) mass is 475 g/mol. The Morgan fingerprint density at radius 3 is 2.73 bits per heavy atom. The Morgan fingerprint density at radius 2 is 1.88 bits per heavy atom. The van der Waals surface area contributed by atoms with E-state index in [0.29, 0.717) is 24.0 Å². The number of halogens is 2. The first-order chi connectivity index (χ1) is 12.5. The molecule has 0 N–H and O–H groups in total. The molecule has 0 aliphatic carbocycles. The summed E-state index contributed by atoms with van der Waals surface area (Å²) in [4.78, 5) is 31.4. The van der Waals surface area contributed by atoms with E-state index in [-0.39, 0.29) is 17.9 Å². The van der Waals surface area contributed by atoms with Crippen LogP contribution in [0.4, 0.5) is 5.69 Å². The summed E-state index contributed by atoms with van der Waals surface area (Å²) in [5, 5.41) is 0.547. The quantitative estimate of drug-likeness (QED) is 0.576. The molecule has 0 spiro atoms. The molecule has 7 heteroatoms. The van der Waals surface area contributed by atoms with E-state index in [0.717, 1.165) is 21.1 Å². The molecule has 3 aromatic rings. The van der Waals surface area contributed by atoms with Crippen molar-refractivity contribution in [3.63, 3.8) is 0 Å². The summed E-state index contributed by atoms with van der Waals surface area (Å²) < 4.78 is 3.36. The summed E-state index contributed by atoms with van der Waals surface area (Å²) in [6, 6.07) is 11.4. The molecule has 5 nitrogen and oxygen atoms in total. The summed E-state index contributed by atoms with van der Waals surface area (Å²) in [5.74, 6) is 0.0207. The van der Waals surface area contributed by atoms with Crippen LogP contribution < -0.4 is 10.5 Å². The zero-order chi connectivity index (χ0) is 18.3. The van der Waals surface area contributed by atoms with Gasteiger partial charge in [0.05, 0.1) is 17.2 Å². The van der Waals surface area contributed by atoms with Gasteiger partial charge in [-0.25, -0.2) is 4.98 Å². The molecule has 1 aliphatic heterocycles. The van der Waals surface area contributed by atoms with Gasteiger partial charge < -0.3 is 4.90 Å². The van der Waals surface area contributed by atoms with Crippen LogP contribution in [0.2, 0.25) is 0 Å². The van der Waals surface area contributed by atoms with Crippen molar-refractivity contribution in [2.45, 2.75) is 19.4 Å². The maximum atomic E-state index is 12.7. The predicted octanol–water partition coefficient (Wildman–Crippen LogP) is 3.90. The lowest BCUT2D eigenvalue weighted by Crippen LogP contribution is -2.31. The van der Waals surface area contributed by atoms with E-state index in [1.807, 2.05) is 18.2 Å². The van der Waals surface area contributed by atoms with E-state index in [1.165, 1.54) is 16.5 Å². The average Bonchev–Trinajstić information content (AvgIpc) is 3.04. The molecule has 0 atom stereocenters. The Balaban J connectivity index is 1.53. The lowest BCUT2D eigenvalue weighted by atomic mass is 10.2. The third-order valence-corrected chi connectivity index (χ3v) is 5.58. The number of anilines is 1. The Hall–Kier alpha value is -1.99. The molecule has 0 bridgehead atoms. The van der Waals surface area contributed by atoms with Crippen molar-refractivity contribution in [1.29, 1.82) is 0 Å². The maximum Gasteiger partial charge on any atom is 0.261 e. The number of benzene rings is 2. The molecule has 26 heavy (non-hydrogen) atoms. The highest BCUT2D eigenvalue weighted by molar-refractivity contribution is 9.10. The van der Waals surface area contributed by atoms with E-state index < -0.39 is 0 Å². The number of amides is 1. The van der Waals surface area contributed by atoms with Gasteiger partial charge >= 0.3 is 0 Å². The molecule has 0 radical (unpaired) electrons. The molecule has 4 rings (SSSR count). The number of aromatic nitrogens is 2. The van der Waals surface area contributed by atoms with Gasteiger partial charge in [0.2, 0.25) is 5.91 Å². The number of rotatable bonds is 3. The smallest absolute Gasteiger partial charge is 0.261 e. The zero-order valence-corrected chi connectivity index (χ0v) is 17.0. The average molecular weight is 477 g/mol. The normalized spacial score (nSPS) is 13.2. The number of hydrogen-bond donors (Lipinski definition) is 0. The van der Waals surface area contributed by atoms with Gasteiger partial charge in [0.25, 0.3) is 5.56 Å². The zero-order valence-electron chi connectivity index (χ0n) is 13.8. The van der Waals surface area contributed by atoms with E-state index >= 15 is 0 Å². The first-order valence-corrected chi connectivity index (χ1v) is 9.85. The van der Waals surface area contributed by atoms with Crippen molar-refractivity contribution < 1.29 is 4.79 Å². The minimum atomic E-state index is -0.130. The van der Waals surface area contributed by atoms with Crippen LogP contribution in [0.25, 0.3) is 10.9 Å². The van der Waals surface area contributed by atoms with Crippen LogP contribution in [-0.2, 0) is 17.8 Å². The summed E-state index contributed by atoms with van der Waals surface area (Å²) in [6.45, 7) is 0.998. The highest BCUT2D eigenvalue weighted by Gasteiger charge is 2.24. The molecule has 0 fully saturated rings. The second-order valence-electron chi connectivity index (χ2n) is 6.22. The van der Waals surface area contributed by atoms with Crippen molar-refractivity contribution in [1.82, 2.24) is 9.55 Å². The van der Waals surface area contributed by atoms with Crippen LogP contribution in [0.3, 0.4) is 0 Å². The van der Waals surface area contributed by atoms with Crippen molar-refractivity contribution in [3.05, 3.63) is 67.6 Å². The summed E-state index contributed by atoms with van der Waals surface area (Å²) >= 11 is 6.84. The molecular weight excluding hydrogens is 462 g/mol. The molecule has 132 valence electrons. The second-order valence-corrected chi connectivity index (χ2v) is 8.05. The van der Waals surface area contributed by atoms with Crippen LogP contribution in [-0.4, -0.2) is 22.0 Å². The predicted molar refractivity (Wildman–Crippen MR) is 109 cm³/mol. The Bertz CT molecular complexity index is 1080. The number of fused-ring (bicyclic) bond motifs is 2. The van der Waals surface area contributed by atoms with Gasteiger partial charge in [0.15, 0.2) is 0 Å². The van der Waals surface area contributed by atoms with Crippen LogP contribution in [0.15, 0.2) is 56.5 Å². The topological polar surface area (TPSA) is 55.2 Å². The third kappa shape index (κ3) is 3.21. The van der Waals surface area contributed by atoms with Crippen molar-refractivity contribution in [2.24, 2.45) is 0 Å². The minimum Gasteiger partial charge on any atom is -0.312 e. The van der Waals surface area contributed by atoms with E-state index in [1.54, 1.807) is 17.0 Å². The first-order valence-electron chi connectivity index (χ1n) is 8.26. The SMILES string of the molecule is O=C(CCn1cnc2ccc(Br)cc2c1=O)N1CCc2cc(Br)ccc21. The van der Waals surface area contributed by atoms with Crippen molar-refractivity contribution >= 4 is 54.4 Å². The molecule has 2 heterocycles.